The summed E-state index contributed by atoms with van der Waals surface area (Å²) >= 11 is 0. The molecule has 24 heavy (non-hydrogen) atoms. The molecule has 0 saturated heterocycles. The van der Waals surface area contributed by atoms with Crippen molar-refractivity contribution >= 4 is 6.03 Å². The molecule has 1 fully saturated rings. The molecule has 3 rings (SSSR count). The van der Waals surface area contributed by atoms with Gasteiger partial charge in [0.05, 0.1) is 25.0 Å². The zero-order valence-electron chi connectivity index (χ0n) is 13.5. The fourth-order valence-electron chi connectivity index (χ4n) is 2.64. The monoisotopic (exact) mass is 332 g/mol. The highest BCUT2D eigenvalue weighted by atomic mass is 19.1. The molecule has 1 aromatic heterocycles. The molecule has 0 spiro atoms. The van der Waals surface area contributed by atoms with Gasteiger partial charge in [0.1, 0.15) is 11.6 Å². The lowest BCUT2D eigenvalue weighted by Crippen LogP contribution is -2.44. The van der Waals surface area contributed by atoms with Crippen molar-refractivity contribution < 1.29 is 18.7 Å². The molecule has 128 valence electrons. The highest BCUT2D eigenvalue weighted by molar-refractivity contribution is 5.75. The lowest BCUT2D eigenvalue weighted by Gasteiger charge is -2.27. The smallest absolute Gasteiger partial charge is 0.318 e. The first-order chi connectivity index (χ1) is 11.5. The van der Waals surface area contributed by atoms with Gasteiger partial charge in [-0.05, 0) is 49.6 Å². The maximum atomic E-state index is 13.0. The Morgan fingerprint density at radius 3 is 2.67 bits per heavy atom. The quantitative estimate of drug-likeness (QED) is 0.852. The summed E-state index contributed by atoms with van der Waals surface area (Å²) in [4.78, 5) is 14.2. The van der Waals surface area contributed by atoms with Crippen LogP contribution in [0.3, 0.4) is 0 Å². The van der Waals surface area contributed by atoms with Crippen molar-refractivity contribution in [3.8, 4) is 0 Å². The van der Waals surface area contributed by atoms with Gasteiger partial charge in [-0.3, -0.25) is 0 Å². The molecule has 2 amide bonds. The van der Waals surface area contributed by atoms with E-state index in [0.717, 1.165) is 12.8 Å². The van der Waals surface area contributed by atoms with E-state index in [-0.39, 0.29) is 30.5 Å². The average Bonchev–Trinajstić information content (AvgIpc) is 3.25. The SMILES string of the molecule is CC(NC(=O)N(CC(O)c1ccc(F)cc1)C1CC1)c1ccco1. The average molecular weight is 332 g/mol. The van der Waals surface area contributed by atoms with Gasteiger partial charge in [0.2, 0.25) is 0 Å². The third-order valence-electron chi connectivity index (χ3n) is 4.18. The molecule has 1 heterocycles. The van der Waals surface area contributed by atoms with Crippen LogP contribution in [0.15, 0.2) is 47.1 Å². The molecule has 1 saturated carbocycles. The van der Waals surface area contributed by atoms with Crippen LogP contribution >= 0.6 is 0 Å². The fraction of sp³-hybridized carbons (Fsp3) is 0.389. The molecule has 2 atom stereocenters. The number of nitrogens with one attached hydrogen (secondary N) is 1. The highest BCUT2D eigenvalue weighted by Gasteiger charge is 2.34. The van der Waals surface area contributed by atoms with Gasteiger partial charge in [0, 0.05) is 6.04 Å². The second kappa shape index (κ2) is 7.05. The van der Waals surface area contributed by atoms with Crippen LogP contribution in [0.25, 0.3) is 0 Å². The normalized spacial score (nSPS) is 16.5. The highest BCUT2D eigenvalue weighted by Crippen LogP contribution is 2.29. The first-order valence-electron chi connectivity index (χ1n) is 8.08. The van der Waals surface area contributed by atoms with Crippen molar-refractivity contribution in [1.29, 1.82) is 0 Å². The lowest BCUT2D eigenvalue weighted by atomic mass is 10.1. The van der Waals surface area contributed by atoms with E-state index in [9.17, 15) is 14.3 Å². The number of rotatable bonds is 6. The van der Waals surface area contributed by atoms with Crippen LogP contribution in [-0.2, 0) is 0 Å². The number of carbonyl (C=O) groups excluding carboxylic acids is 1. The van der Waals surface area contributed by atoms with Crippen LogP contribution < -0.4 is 5.32 Å². The number of urea groups is 1. The minimum Gasteiger partial charge on any atom is -0.467 e. The summed E-state index contributed by atoms with van der Waals surface area (Å²) in [5.41, 5.74) is 0.592. The Balaban J connectivity index is 1.63. The van der Waals surface area contributed by atoms with Gasteiger partial charge in [0.15, 0.2) is 0 Å². The summed E-state index contributed by atoms with van der Waals surface area (Å²) < 4.78 is 18.3. The number of nitrogens with zero attached hydrogens (tertiary/aromatic N) is 1. The van der Waals surface area contributed by atoms with Crippen molar-refractivity contribution in [2.45, 2.75) is 38.0 Å². The van der Waals surface area contributed by atoms with Gasteiger partial charge in [-0.15, -0.1) is 0 Å². The number of furan rings is 1. The van der Waals surface area contributed by atoms with Gasteiger partial charge < -0.3 is 19.7 Å². The number of aliphatic hydroxyl groups is 1. The summed E-state index contributed by atoms with van der Waals surface area (Å²) in [5.74, 6) is 0.327. The lowest BCUT2D eigenvalue weighted by molar-refractivity contribution is 0.116. The number of hydrogen-bond donors (Lipinski definition) is 2. The molecule has 1 aliphatic carbocycles. The Morgan fingerprint density at radius 1 is 1.38 bits per heavy atom. The fourth-order valence-corrected chi connectivity index (χ4v) is 2.64. The first-order valence-corrected chi connectivity index (χ1v) is 8.08. The second-order valence-corrected chi connectivity index (χ2v) is 6.14. The van der Waals surface area contributed by atoms with Gasteiger partial charge in [-0.1, -0.05) is 12.1 Å². The number of amides is 2. The van der Waals surface area contributed by atoms with E-state index in [0.29, 0.717) is 11.3 Å². The zero-order valence-corrected chi connectivity index (χ0v) is 13.5. The van der Waals surface area contributed by atoms with E-state index < -0.39 is 6.10 Å². The molecule has 0 aliphatic heterocycles. The molecule has 0 radical (unpaired) electrons. The summed E-state index contributed by atoms with van der Waals surface area (Å²) in [6.45, 7) is 2.02. The van der Waals surface area contributed by atoms with Crippen molar-refractivity contribution in [2.24, 2.45) is 0 Å². The van der Waals surface area contributed by atoms with Crippen LogP contribution in [0.2, 0.25) is 0 Å². The summed E-state index contributed by atoms with van der Waals surface area (Å²) in [7, 11) is 0. The molecule has 1 aromatic carbocycles. The van der Waals surface area contributed by atoms with Crippen molar-refractivity contribution in [3.63, 3.8) is 0 Å². The number of aliphatic hydroxyl groups excluding tert-OH is 1. The van der Waals surface area contributed by atoms with E-state index in [1.807, 2.05) is 6.92 Å². The molecule has 2 N–H and O–H groups in total. The summed E-state index contributed by atoms with van der Waals surface area (Å²) in [6, 6.07) is 8.92. The number of benzene rings is 1. The number of carbonyl (C=O) groups is 1. The van der Waals surface area contributed by atoms with Gasteiger partial charge in [-0.25, -0.2) is 9.18 Å². The van der Waals surface area contributed by atoms with Crippen molar-refractivity contribution in [2.75, 3.05) is 6.54 Å². The van der Waals surface area contributed by atoms with E-state index in [1.165, 1.54) is 24.3 Å². The molecular formula is C18H21FN2O3. The van der Waals surface area contributed by atoms with Crippen LogP contribution in [0.4, 0.5) is 9.18 Å². The van der Waals surface area contributed by atoms with Gasteiger partial charge in [0.25, 0.3) is 0 Å². The Kier molecular flexibility index (Phi) is 4.85. The Morgan fingerprint density at radius 2 is 2.08 bits per heavy atom. The van der Waals surface area contributed by atoms with Gasteiger partial charge in [-0.2, -0.15) is 0 Å². The van der Waals surface area contributed by atoms with Crippen LogP contribution in [0.1, 0.15) is 43.2 Å². The minimum absolute atomic E-state index is 0.142. The summed E-state index contributed by atoms with van der Waals surface area (Å²) in [5, 5.41) is 13.3. The zero-order chi connectivity index (χ0) is 17.1. The second-order valence-electron chi connectivity index (χ2n) is 6.14. The Labute approximate surface area is 140 Å². The van der Waals surface area contributed by atoms with Crippen LogP contribution in [0.5, 0.6) is 0 Å². The maximum absolute atomic E-state index is 13.0. The van der Waals surface area contributed by atoms with Gasteiger partial charge >= 0.3 is 6.03 Å². The third kappa shape index (κ3) is 3.94. The maximum Gasteiger partial charge on any atom is 0.318 e. The summed E-state index contributed by atoms with van der Waals surface area (Å²) in [6.07, 6.45) is 2.57. The first kappa shape index (κ1) is 16.5. The predicted molar refractivity (Wildman–Crippen MR) is 86.7 cm³/mol. The predicted octanol–water partition coefficient (Wildman–Crippen LogP) is 3.39. The molecule has 1 aliphatic rings. The van der Waals surface area contributed by atoms with E-state index in [4.69, 9.17) is 4.42 Å². The Hall–Kier alpha value is -2.34. The molecule has 0 bridgehead atoms. The topological polar surface area (TPSA) is 65.7 Å². The van der Waals surface area contributed by atoms with Crippen molar-refractivity contribution in [1.82, 2.24) is 10.2 Å². The standard InChI is InChI=1S/C18H21FN2O3/c1-12(17-3-2-10-24-17)20-18(23)21(15-8-9-15)11-16(22)13-4-6-14(19)7-5-13/h2-7,10,12,15-16,22H,8-9,11H2,1H3,(H,20,23). The number of halogens is 1. The third-order valence-corrected chi connectivity index (χ3v) is 4.18. The van der Waals surface area contributed by atoms with Crippen molar-refractivity contribution in [3.05, 3.63) is 59.8 Å². The molecule has 5 nitrogen and oxygen atoms in total. The molecule has 2 aromatic rings. The minimum atomic E-state index is -0.851. The van der Waals surface area contributed by atoms with Crippen LogP contribution in [0, 0.1) is 5.82 Å². The largest absolute Gasteiger partial charge is 0.467 e. The number of hydrogen-bond acceptors (Lipinski definition) is 3. The van der Waals surface area contributed by atoms with E-state index in [2.05, 4.69) is 5.32 Å². The molecule has 6 heteroatoms. The molecule has 2 unspecified atom stereocenters. The molecular weight excluding hydrogens is 311 g/mol. The van der Waals surface area contributed by atoms with E-state index >= 15 is 0 Å². The van der Waals surface area contributed by atoms with Crippen LogP contribution in [-0.4, -0.2) is 28.6 Å². The Bertz CT molecular complexity index is 668. The van der Waals surface area contributed by atoms with E-state index in [1.54, 1.807) is 23.3 Å².